The number of hydrogen-bond acceptors (Lipinski definition) is 4. The van der Waals surface area contributed by atoms with Crippen molar-refractivity contribution in [3.63, 3.8) is 0 Å². The van der Waals surface area contributed by atoms with Gasteiger partial charge in [-0.3, -0.25) is 4.68 Å². The van der Waals surface area contributed by atoms with E-state index in [4.69, 9.17) is 4.74 Å². The number of nitrogens with one attached hydrogen (secondary N) is 1. The SMILES string of the molecule is Cn1nccc1[C@H]1OCC[C@@H]1Nc1cc(C(F)(F)F)ccn1. The molecule has 22 heavy (non-hydrogen) atoms. The minimum Gasteiger partial charge on any atom is -0.370 e. The molecule has 0 unspecified atom stereocenters. The molecule has 2 aromatic rings. The number of anilines is 1. The first kappa shape index (κ1) is 14.8. The van der Waals surface area contributed by atoms with Gasteiger partial charge in [-0.1, -0.05) is 0 Å². The second-order valence-electron chi connectivity index (χ2n) is 5.14. The lowest BCUT2D eigenvalue weighted by atomic mass is 10.1. The van der Waals surface area contributed by atoms with Crippen LogP contribution < -0.4 is 5.32 Å². The fourth-order valence-electron chi connectivity index (χ4n) is 2.57. The van der Waals surface area contributed by atoms with Crippen LogP contribution in [0.25, 0.3) is 0 Å². The molecule has 2 aromatic heterocycles. The van der Waals surface area contributed by atoms with E-state index in [1.165, 1.54) is 0 Å². The molecule has 0 aliphatic carbocycles. The van der Waals surface area contributed by atoms with Crippen molar-refractivity contribution < 1.29 is 17.9 Å². The van der Waals surface area contributed by atoms with Crippen LogP contribution in [0.5, 0.6) is 0 Å². The molecule has 0 spiro atoms. The van der Waals surface area contributed by atoms with Crippen molar-refractivity contribution in [3.05, 3.63) is 41.9 Å². The summed E-state index contributed by atoms with van der Waals surface area (Å²) in [4.78, 5) is 3.97. The largest absolute Gasteiger partial charge is 0.416 e. The highest BCUT2D eigenvalue weighted by Gasteiger charge is 2.33. The van der Waals surface area contributed by atoms with Crippen LogP contribution in [-0.4, -0.2) is 27.4 Å². The van der Waals surface area contributed by atoms with E-state index in [1.807, 2.05) is 6.07 Å². The van der Waals surface area contributed by atoms with Crippen molar-refractivity contribution in [2.45, 2.75) is 24.7 Å². The Morgan fingerprint density at radius 3 is 2.82 bits per heavy atom. The number of ether oxygens (including phenoxy) is 1. The van der Waals surface area contributed by atoms with E-state index in [1.54, 1.807) is 17.9 Å². The molecule has 5 nitrogen and oxygen atoms in total. The van der Waals surface area contributed by atoms with Crippen molar-refractivity contribution in [1.29, 1.82) is 0 Å². The molecule has 2 atom stereocenters. The Morgan fingerprint density at radius 2 is 2.14 bits per heavy atom. The third-order valence-corrected chi connectivity index (χ3v) is 3.66. The van der Waals surface area contributed by atoms with E-state index < -0.39 is 11.7 Å². The van der Waals surface area contributed by atoms with Crippen LogP contribution in [0.15, 0.2) is 30.6 Å². The van der Waals surface area contributed by atoms with Gasteiger partial charge in [0.1, 0.15) is 11.9 Å². The van der Waals surface area contributed by atoms with Crippen molar-refractivity contribution in [2.24, 2.45) is 7.05 Å². The van der Waals surface area contributed by atoms with Gasteiger partial charge in [0.15, 0.2) is 0 Å². The lowest BCUT2D eigenvalue weighted by Crippen LogP contribution is -2.25. The van der Waals surface area contributed by atoms with Gasteiger partial charge < -0.3 is 10.1 Å². The Morgan fingerprint density at radius 1 is 1.32 bits per heavy atom. The molecule has 0 bridgehead atoms. The second kappa shape index (κ2) is 5.60. The molecule has 0 aromatic carbocycles. The van der Waals surface area contributed by atoms with Crippen LogP contribution in [-0.2, 0) is 18.0 Å². The van der Waals surface area contributed by atoms with E-state index in [0.717, 1.165) is 24.0 Å². The number of aryl methyl sites for hydroxylation is 1. The number of halogens is 3. The zero-order chi connectivity index (χ0) is 15.7. The van der Waals surface area contributed by atoms with Crippen LogP contribution >= 0.6 is 0 Å². The molecule has 1 aliphatic rings. The molecule has 0 amide bonds. The Hall–Kier alpha value is -2.09. The van der Waals surface area contributed by atoms with Crippen molar-refractivity contribution in [3.8, 4) is 0 Å². The Bertz CT molecular complexity index is 656. The van der Waals surface area contributed by atoms with Gasteiger partial charge in [-0.05, 0) is 24.6 Å². The average molecular weight is 312 g/mol. The second-order valence-corrected chi connectivity index (χ2v) is 5.14. The molecule has 8 heteroatoms. The number of nitrogens with zero attached hydrogens (tertiary/aromatic N) is 3. The first-order valence-electron chi connectivity index (χ1n) is 6.84. The van der Waals surface area contributed by atoms with Crippen molar-refractivity contribution in [1.82, 2.24) is 14.8 Å². The summed E-state index contributed by atoms with van der Waals surface area (Å²) < 4.78 is 45.6. The third-order valence-electron chi connectivity index (χ3n) is 3.66. The Labute approximate surface area is 125 Å². The molecule has 1 N–H and O–H groups in total. The van der Waals surface area contributed by atoms with Crippen molar-refractivity contribution in [2.75, 3.05) is 11.9 Å². The summed E-state index contributed by atoms with van der Waals surface area (Å²) in [6, 6.07) is 3.66. The monoisotopic (exact) mass is 312 g/mol. The molecular weight excluding hydrogens is 297 g/mol. The maximum Gasteiger partial charge on any atom is 0.416 e. The third kappa shape index (κ3) is 2.92. The summed E-state index contributed by atoms with van der Waals surface area (Å²) in [5.74, 6) is 0.192. The number of pyridine rings is 1. The molecule has 3 rings (SSSR count). The summed E-state index contributed by atoms with van der Waals surface area (Å²) in [5, 5.41) is 7.14. The van der Waals surface area contributed by atoms with Crippen LogP contribution in [0.1, 0.15) is 23.8 Å². The molecule has 0 radical (unpaired) electrons. The van der Waals surface area contributed by atoms with Gasteiger partial charge in [0.25, 0.3) is 0 Å². The number of hydrogen-bond donors (Lipinski definition) is 1. The van der Waals surface area contributed by atoms with Gasteiger partial charge in [-0.25, -0.2) is 4.98 Å². The van der Waals surface area contributed by atoms with Gasteiger partial charge in [-0.2, -0.15) is 18.3 Å². The fourth-order valence-corrected chi connectivity index (χ4v) is 2.57. The summed E-state index contributed by atoms with van der Waals surface area (Å²) in [6.45, 7) is 0.534. The van der Waals surface area contributed by atoms with Crippen LogP contribution in [0.2, 0.25) is 0 Å². The molecule has 3 heterocycles. The standard InChI is InChI=1S/C14H15F3N4O/c1-21-11(3-6-19-21)13-10(4-7-22-13)20-12-8-9(2-5-18-12)14(15,16)17/h2-3,5-6,8,10,13H,4,7H2,1H3,(H,18,20)/t10-,13-/m0/s1. The molecule has 1 fully saturated rings. The first-order valence-corrected chi connectivity index (χ1v) is 6.84. The summed E-state index contributed by atoms with van der Waals surface area (Å²) in [5.41, 5.74) is 0.156. The quantitative estimate of drug-likeness (QED) is 0.947. The summed E-state index contributed by atoms with van der Waals surface area (Å²) >= 11 is 0. The minimum atomic E-state index is -4.38. The predicted octanol–water partition coefficient (Wildman–Crippen LogP) is 2.78. The molecule has 1 aliphatic heterocycles. The van der Waals surface area contributed by atoms with Crippen LogP contribution in [0, 0.1) is 0 Å². The lowest BCUT2D eigenvalue weighted by Gasteiger charge is -2.21. The van der Waals surface area contributed by atoms with Crippen LogP contribution in [0.3, 0.4) is 0 Å². The van der Waals surface area contributed by atoms with Gasteiger partial charge in [0, 0.05) is 26.0 Å². The van der Waals surface area contributed by atoms with Gasteiger partial charge in [0.05, 0.1) is 17.3 Å². The number of rotatable bonds is 3. The molecule has 0 saturated carbocycles. The lowest BCUT2D eigenvalue weighted by molar-refractivity contribution is -0.137. The first-order chi connectivity index (χ1) is 10.4. The molecule has 1 saturated heterocycles. The summed E-state index contributed by atoms with van der Waals surface area (Å²) in [7, 11) is 1.80. The van der Waals surface area contributed by atoms with E-state index in [0.29, 0.717) is 13.0 Å². The predicted molar refractivity (Wildman–Crippen MR) is 73.2 cm³/mol. The summed E-state index contributed by atoms with van der Waals surface area (Å²) in [6.07, 6.45) is -1.14. The Balaban J connectivity index is 1.79. The van der Waals surface area contributed by atoms with E-state index in [9.17, 15) is 13.2 Å². The topological polar surface area (TPSA) is 52.0 Å². The van der Waals surface area contributed by atoms with Crippen molar-refractivity contribution >= 4 is 5.82 Å². The molecular formula is C14H15F3N4O. The number of aromatic nitrogens is 3. The van der Waals surface area contributed by atoms with E-state index in [-0.39, 0.29) is 18.0 Å². The van der Waals surface area contributed by atoms with Crippen LogP contribution in [0.4, 0.5) is 19.0 Å². The smallest absolute Gasteiger partial charge is 0.370 e. The highest BCUT2D eigenvalue weighted by atomic mass is 19.4. The van der Waals surface area contributed by atoms with E-state index in [2.05, 4.69) is 15.4 Å². The highest BCUT2D eigenvalue weighted by Crippen LogP contribution is 2.33. The maximum absolute atomic E-state index is 12.7. The van der Waals surface area contributed by atoms with Gasteiger partial charge >= 0.3 is 6.18 Å². The molecule has 118 valence electrons. The zero-order valence-electron chi connectivity index (χ0n) is 11.8. The van der Waals surface area contributed by atoms with Gasteiger partial charge in [0.2, 0.25) is 0 Å². The maximum atomic E-state index is 12.7. The zero-order valence-corrected chi connectivity index (χ0v) is 11.8. The Kier molecular flexibility index (Phi) is 3.78. The fraction of sp³-hybridized carbons (Fsp3) is 0.429. The van der Waals surface area contributed by atoms with Gasteiger partial charge in [-0.15, -0.1) is 0 Å². The highest BCUT2D eigenvalue weighted by molar-refractivity contribution is 5.40. The number of alkyl halides is 3. The minimum absolute atomic E-state index is 0.147. The average Bonchev–Trinajstić information content (AvgIpc) is 3.07. The normalized spacial score (nSPS) is 22.0. The van der Waals surface area contributed by atoms with E-state index >= 15 is 0 Å².